The van der Waals surface area contributed by atoms with Crippen LogP contribution in [0.1, 0.15) is 106 Å². The van der Waals surface area contributed by atoms with Crippen LogP contribution in [0.5, 0.6) is 0 Å². The minimum absolute atomic E-state index is 0. The van der Waals surface area contributed by atoms with Crippen LogP contribution >= 0.6 is 24.8 Å². The Morgan fingerprint density at radius 2 is 0.861 bits per heavy atom. The van der Waals surface area contributed by atoms with Crippen molar-refractivity contribution in [2.75, 3.05) is 0 Å². The van der Waals surface area contributed by atoms with Crippen molar-refractivity contribution in [3.05, 3.63) is 0 Å². The molecule has 212 valence electrons. The maximum Gasteiger partial charge on any atom is 0.410 e. The number of carbonyl (C=O) groups is 2. The van der Waals surface area contributed by atoms with Gasteiger partial charge in [-0.1, -0.05) is 0 Å². The SMILES string of the molecule is CC(C)(C)OC(=O)N1[C@@H]2CCC[C@H]1CC(N)C2.CC(C)(C)OC(=O)N1[C@@H]2CCC[C@H]1CC(N)C2.Cl.Cl. The molecule has 36 heavy (non-hydrogen) atoms. The first-order valence-corrected chi connectivity index (χ1v) is 13.3. The summed E-state index contributed by atoms with van der Waals surface area (Å²) in [4.78, 5) is 28.3. The third-order valence-electron chi connectivity index (χ3n) is 7.23. The van der Waals surface area contributed by atoms with E-state index in [1.54, 1.807) is 0 Å². The molecular weight excluding hydrogens is 503 g/mol. The minimum Gasteiger partial charge on any atom is -0.444 e. The van der Waals surface area contributed by atoms with Crippen LogP contribution in [0, 0.1) is 0 Å². The van der Waals surface area contributed by atoms with Crippen LogP contribution in [0.25, 0.3) is 0 Å². The maximum absolute atomic E-state index is 12.2. The third-order valence-corrected chi connectivity index (χ3v) is 7.23. The Hall–Kier alpha value is -0.960. The van der Waals surface area contributed by atoms with Gasteiger partial charge in [0, 0.05) is 36.3 Å². The van der Waals surface area contributed by atoms with Gasteiger partial charge in [-0.15, -0.1) is 24.8 Å². The summed E-state index contributed by atoms with van der Waals surface area (Å²) in [6.07, 6.45) is 10.1. The second-order valence-corrected chi connectivity index (χ2v) is 12.7. The monoisotopic (exact) mass is 552 g/mol. The van der Waals surface area contributed by atoms with Gasteiger partial charge in [-0.05, 0) is 106 Å². The lowest BCUT2D eigenvalue weighted by Crippen LogP contribution is -2.58. The minimum atomic E-state index is -0.412. The Morgan fingerprint density at radius 3 is 1.08 bits per heavy atom. The van der Waals surface area contributed by atoms with Crippen molar-refractivity contribution in [2.24, 2.45) is 11.5 Å². The second-order valence-electron chi connectivity index (χ2n) is 12.7. The third kappa shape index (κ3) is 9.10. The Kier molecular flexibility index (Phi) is 12.1. The van der Waals surface area contributed by atoms with Gasteiger partial charge in [0.2, 0.25) is 0 Å². The van der Waals surface area contributed by atoms with Crippen molar-refractivity contribution in [1.82, 2.24) is 9.80 Å². The largest absolute Gasteiger partial charge is 0.444 e. The Morgan fingerprint density at radius 1 is 0.611 bits per heavy atom. The summed E-state index contributed by atoms with van der Waals surface area (Å²) in [6.45, 7) is 11.5. The molecule has 4 fully saturated rings. The number of hydrogen-bond donors (Lipinski definition) is 2. The molecule has 10 heteroatoms. The molecule has 4 aliphatic heterocycles. The highest BCUT2D eigenvalue weighted by atomic mass is 35.5. The number of ether oxygens (including phenoxy) is 2. The predicted octanol–water partition coefficient (Wildman–Crippen LogP) is 5.38. The van der Waals surface area contributed by atoms with Gasteiger partial charge in [-0.25, -0.2) is 9.59 Å². The molecule has 0 spiro atoms. The highest BCUT2D eigenvalue weighted by Crippen LogP contribution is 2.35. The van der Waals surface area contributed by atoms with Crippen molar-refractivity contribution in [3.8, 4) is 0 Å². The maximum atomic E-state index is 12.2. The van der Waals surface area contributed by atoms with Crippen LogP contribution in [0.15, 0.2) is 0 Å². The van der Waals surface area contributed by atoms with E-state index in [-0.39, 0.29) is 49.1 Å². The number of rotatable bonds is 0. The molecule has 4 N–H and O–H groups in total. The Balaban J connectivity index is 0.000000341. The molecule has 2 amide bonds. The number of hydrogen-bond acceptors (Lipinski definition) is 6. The lowest BCUT2D eigenvalue weighted by Gasteiger charge is -2.47. The van der Waals surface area contributed by atoms with Gasteiger partial charge in [0.15, 0.2) is 0 Å². The van der Waals surface area contributed by atoms with Crippen molar-refractivity contribution >= 4 is 37.0 Å². The molecule has 0 saturated carbocycles. The van der Waals surface area contributed by atoms with E-state index in [4.69, 9.17) is 20.9 Å². The Labute approximate surface area is 230 Å². The fourth-order valence-electron chi connectivity index (χ4n) is 6.07. The summed E-state index contributed by atoms with van der Waals surface area (Å²) in [6, 6.07) is 1.70. The van der Waals surface area contributed by atoms with E-state index in [0.29, 0.717) is 24.2 Å². The number of piperidine rings is 4. The number of nitrogens with two attached hydrogens (primary N) is 2. The topological polar surface area (TPSA) is 111 Å². The van der Waals surface area contributed by atoms with Gasteiger partial charge < -0.3 is 30.7 Å². The van der Waals surface area contributed by atoms with Crippen LogP contribution in [0.2, 0.25) is 0 Å². The molecule has 0 aromatic carbocycles. The molecule has 4 aliphatic rings. The zero-order valence-electron chi connectivity index (χ0n) is 23.0. The average molecular weight is 554 g/mol. The van der Waals surface area contributed by atoms with Gasteiger partial charge in [-0.2, -0.15) is 0 Å². The smallest absolute Gasteiger partial charge is 0.410 e. The first-order valence-electron chi connectivity index (χ1n) is 13.3. The molecule has 0 radical (unpaired) electrons. The quantitative estimate of drug-likeness (QED) is 0.417. The van der Waals surface area contributed by atoms with Gasteiger partial charge in [0.25, 0.3) is 0 Å². The fourth-order valence-corrected chi connectivity index (χ4v) is 6.07. The summed E-state index contributed by atoms with van der Waals surface area (Å²) in [7, 11) is 0. The Bertz CT molecular complexity index is 640. The molecule has 0 aliphatic carbocycles. The summed E-state index contributed by atoms with van der Waals surface area (Å²) in [5, 5.41) is 0. The summed E-state index contributed by atoms with van der Waals surface area (Å²) >= 11 is 0. The summed E-state index contributed by atoms with van der Waals surface area (Å²) in [5.41, 5.74) is 11.2. The van der Waals surface area contributed by atoms with Crippen LogP contribution in [-0.4, -0.2) is 69.4 Å². The molecule has 0 aromatic heterocycles. The first kappa shape index (κ1) is 33.1. The highest BCUT2D eigenvalue weighted by Gasteiger charge is 2.42. The molecule has 8 nitrogen and oxygen atoms in total. The molecule has 4 saturated heterocycles. The van der Waals surface area contributed by atoms with Crippen molar-refractivity contribution in [3.63, 3.8) is 0 Å². The lowest BCUT2D eigenvalue weighted by atomic mass is 9.82. The van der Waals surface area contributed by atoms with Crippen molar-refractivity contribution < 1.29 is 19.1 Å². The normalized spacial score (nSPS) is 31.6. The van der Waals surface area contributed by atoms with Crippen LogP contribution in [0.3, 0.4) is 0 Å². The number of halogens is 2. The van der Waals surface area contributed by atoms with Gasteiger partial charge in [-0.3, -0.25) is 0 Å². The van der Waals surface area contributed by atoms with E-state index in [1.807, 2.05) is 51.3 Å². The van der Waals surface area contributed by atoms with Crippen molar-refractivity contribution in [2.45, 2.75) is 153 Å². The van der Waals surface area contributed by atoms with Gasteiger partial charge in [0.1, 0.15) is 11.2 Å². The van der Waals surface area contributed by atoms with Gasteiger partial charge in [0.05, 0.1) is 0 Å². The molecule has 4 rings (SSSR count). The molecule has 4 heterocycles. The van der Waals surface area contributed by atoms with E-state index in [0.717, 1.165) is 51.4 Å². The second kappa shape index (κ2) is 13.2. The molecular formula is C26H50Cl2N4O4. The van der Waals surface area contributed by atoms with E-state index in [2.05, 4.69) is 0 Å². The first-order chi connectivity index (χ1) is 15.7. The predicted molar refractivity (Wildman–Crippen MR) is 148 cm³/mol. The zero-order chi connectivity index (χ0) is 25.3. The van der Waals surface area contributed by atoms with Crippen molar-refractivity contribution in [1.29, 1.82) is 0 Å². The number of nitrogens with zero attached hydrogens (tertiary/aromatic N) is 2. The van der Waals surface area contributed by atoms with Crippen LogP contribution in [-0.2, 0) is 9.47 Å². The van der Waals surface area contributed by atoms with E-state index < -0.39 is 11.2 Å². The number of fused-ring (bicyclic) bond motifs is 4. The van der Waals surface area contributed by atoms with E-state index in [1.165, 1.54) is 12.8 Å². The van der Waals surface area contributed by atoms with Crippen LogP contribution < -0.4 is 11.5 Å². The molecule has 2 unspecified atom stereocenters. The molecule has 4 bridgehead atoms. The summed E-state index contributed by atoms with van der Waals surface area (Å²) < 4.78 is 11.0. The molecule has 0 aromatic rings. The standard InChI is InChI=1S/2C13H24N2O2.2ClH/c2*1-13(2,3)17-12(16)15-10-5-4-6-11(15)8-9(14)7-10;;/h2*9-11H,4-8,14H2,1-3H3;2*1H/t2*9?,10-,11+;;. The van der Waals surface area contributed by atoms with Gasteiger partial charge >= 0.3 is 12.2 Å². The number of amides is 2. The zero-order valence-corrected chi connectivity index (χ0v) is 24.7. The van der Waals surface area contributed by atoms with Crippen LogP contribution in [0.4, 0.5) is 9.59 Å². The van der Waals surface area contributed by atoms with E-state index >= 15 is 0 Å². The lowest BCUT2D eigenvalue weighted by molar-refractivity contribution is -0.0220. The molecule has 6 atom stereocenters. The van der Waals surface area contributed by atoms with E-state index in [9.17, 15) is 9.59 Å². The number of carbonyl (C=O) groups excluding carboxylic acids is 2. The average Bonchev–Trinajstić information content (AvgIpc) is 2.64. The highest BCUT2D eigenvalue weighted by molar-refractivity contribution is 5.85. The fraction of sp³-hybridized carbons (Fsp3) is 0.923. The summed E-state index contributed by atoms with van der Waals surface area (Å²) in [5.74, 6) is 0.